The zero-order chi connectivity index (χ0) is 18.8. The average molecular weight is 370 g/mol. The zero-order valence-corrected chi connectivity index (χ0v) is 15.9. The Balaban J connectivity index is 1.47. The van der Waals surface area contributed by atoms with Crippen LogP contribution in [0.25, 0.3) is 0 Å². The highest BCUT2D eigenvalue weighted by atomic mass is 16.5. The molecule has 8 heteroatoms. The molecule has 1 N–H and O–H groups in total. The van der Waals surface area contributed by atoms with Crippen LogP contribution in [0.15, 0.2) is 18.3 Å². The van der Waals surface area contributed by atoms with Gasteiger partial charge in [0.05, 0.1) is 18.8 Å². The van der Waals surface area contributed by atoms with Gasteiger partial charge in [-0.2, -0.15) is 5.10 Å². The van der Waals surface area contributed by atoms with Gasteiger partial charge in [0.1, 0.15) is 11.8 Å². The molecule has 2 aromatic heterocycles. The minimum Gasteiger partial charge on any atom is -0.368 e. The number of nitrogens with one attached hydrogen (secondary N) is 1. The van der Waals surface area contributed by atoms with Gasteiger partial charge in [-0.05, 0) is 30.9 Å². The van der Waals surface area contributed by atoms with Crippen LogP contribution < -0.4 is 4.90 Å². The average Bonchev–Trinajstić information content (AvgIpc) is 3.40. The maximum atomic E-state index is 12.8. The Morgan fingerprint density at radius 2 is 2.11 bits per heavy atom. The van der Waals surface area contributed by atoms with Crippen molar-refractivity contribution in [2.24, 2.45) is 0 Å². The van der Waals surface area contributed by atoms with E-state index >= 15 is 0 Å². The molecule has 0 saturated carbocycles. The maximum Gasteiger partial charge on any atom is 0.274 e. The van der Waals surface area contributed by atoms with E-state index in [1.165, 1.54) is 12.8 Å². The molecule has 4 rings (SSSR count). The second kappa shape index (κ2) is 7.64. The van der Waals surface area contributed by atoms with Crippen molar-refractivity contribution in [3.63, 3.8) is 0 Å². The van der Waals surface area contributed by atoms with Crippen molar-refractivity contribution in [1.29, 1.82) is 0 Å². The summed E-state index contributed by atoms with van der Waals surface area (Å²) in [4.78, 5) is 25.9. The highest BCUT2D eigenvalue weighted by Gasteiger charge is 2.29. The summed E-state index contributed by atoms with van der Waals surface area (Å²) in [6, 6.07) is 3.72. The third-order valence-corrected chi connectivity index (χ3v) is 5.18. The number of H-pyrrole nitrogens is 1. The fourth-order valence-corrected chi connectivity index (χ4v) is 3.53. The van der Waals surface area contributed by atoms with Gasteiger partial charge in [-0.3, -0.25) is 9.89 Å². The van der Waals surface area contributed by atoms with Gasteiger partial charge in [0, 0.05) is 31.5 Å². The number of hydrogen-bond acceptors (Lipinski definition) is 6. The van der Waals surface area contributed by atoms with E-state index in [2.05, 4.69) is 33.9 Å². The predicted octanol–water partition coefficient (Wildman–Crippen LogP) is 2.14. The number of morpholine rings is 1. The molecule has 0 spiro atoms. The second-order valence-corrected chi connectivity index (χ2v) is 7.45. The quantitative estimate of drug-likeness (QED) is 0.887. The number of amides is 1. The van der Waals surface area contributed by atoms with Gasteiger partial charge in [0.2, 0.25) is 5.95 Å². The molecule has 8 nitrogen and oxygen atoms in total. The Labute approximate surface area is 158 Å². The van der Waals surface area contributed by atoms with Crippen LogP contribution in [-0.4, -0.2) is 63.8 Å². The molecule has 2 fully saturated rings. The Morgan fingerprint density at radius 1 is 1.30 bits per heavy atom. The second-order valence-electron chi connectivity index (χ2n) is 7.45. The van der Waals surface area contributed by atoms with Crippen molar-refractivity contribution in [2.75, 3.05) is 37.7 Å². The minimum atomic E-state index is -0.240. The monoisotopic (exact) mass is 370 g/mol. The Bertz CT molecular complexity index is 799. The number of carbonyl (C=O) groups excluding carboxylic acids is 1. The molecular weight excluding hydrogens is 344 g/mol. The number of nitrogens with zero attached hydrogens (tertiary/aromatic N) is 5. The van der Waals surface area contributed by atoms with E-state index in [1.54, 1.807) is 11.1 Å². The first kappa shape index (κ1) is 17.9. The van der Waals surface area contributed by atoms with Crippen molar-refractivity contribution < 1.29 is 9.53 Å². The largest absolute Gasteiger partial charge is 0.368 e. The molecule has 1 unspecified atom stereocenters. The van der Waals surface area contributed by atoms with E-state index in [0.29, 0.717) is 31.3 Å². The van der Waals surface area contributed by atoms with E-state index in [-0.39, 0.29) is 12.0 Å². The first-order valence-electron chi connectivity index (χ1n) is 9.66. The minimum absolute atomic E-state index is 0.0692. The number of carbonyl (C=O) groups is 1. The van der Waals surface area contributed by atoms with Crippen LogP contribution in [0.4, 0.5) is 5.95 Å². The molecule has 1 atom stereocenters. The Hall–Kier alpha value is -2.48. The third kappa shape index (κ3) is 3.80. The molecule has 2 aliphatic rings. The van der Waals surface area contributed by atoms with Gasteiger partial charge >= 0.3 is 0 Å². The third-order valence-electron chi connectivity index (χ3n) is 5.18. The molecule has 2 aliphatic heterocycles. The van der Waals surface area contributed by atoms with Crippen LogP contribution in [0.2, 0.25) is 0 Å². The predicted molar refractivity (Wildman–Crippen MR) is 101 cm³/mol. The molecule has 1 amide bonds. The van der Waals surface area contributed by atoms with Crippen LogP contribution in [-0.2, 0) is 4.74 Å². The summed E-state index contributed by atoms with van der Waals surface area (Å²) in [6.07, 6.45) is 3.90. The molecule has 4 heterocycles. The van der Waals surface area contributed by atoms with Crippen LogP contribution >= 0.6 is 0 Å². The molecule has 2 aromatic rings. The highest BCUT2D eigenvalue weighted by molar-refractivity contribution is 5.92. The zero-order valence-electron chi connectivity index (χ0n) is 15.9. The van der Waals surface area contributed by atoms with Gasteiger partial charge in [-0.25, -0.2) is 9.97 Å². The fourth-order valence-electron chi connectivity index (χ4n) is 3.53. The molecular formula is C19H26N6O2. The maximum absolute atomic E-state index is 12.8. The summed E-state index contributed by atoms with van der Waals surface area (Å²) in [5, 5.41) is 7.14. The van der Waals surface area contributed by atoms with Gasteiger partial charge < -0.3 is 14.5 Å². The Morgan fingerprint density at radius 3 is 2.85 bits per heavy atom. The lowest BCUT2D eigenvalue weighted by Gasteiger charge is -2.32. The lowest BCUT2D eigenvalue weighted by Crippen LogP contribution is -2.42. The van der Waals surface area contributed by atoms with E-state index in [9.17, 15) is 4.79 Å². The summed E-state index contributed by atoms with van der Waals surface area (Å²) in [6.45, 7) is 7.65. The van der Waals surface area contributed by atoms with Crippen LogP contribution in [0, 0.1) is 0 Å². The molecule has 0 aromatic carbocycles. The molecule has 2 saturated heterocycles. The Kier molecular flexibility index (Phi) is 5.07. The molecule has 0 radical (unpaired) electrons. The summed E-state index contributed by atoms with van der Waals surface area (Å²) in [5.41, 5.74) is 2.25. The molecule has 0 aliphatic carbocycles. The normalized spacial score (nSPS) is 20.5. The topological polar surface area (TPSA) is 87.2 Å². The van der Waals surface area contributed by atoms with E-state index in [0.717, 1.165) is 30.4 Å². The molecule has 144 valence electrons. The first-order valence-corrected chi connectivity index (χ1v) is 9.66. The SMILES string of the molecule is CC(C)c1cc(C(=O)N2CCOC(c3ccnc(N4CCCC4)n3)C2)n[nH]1. The van der Waals surface area contributed by atoms with Crippen molar-refractivity contribution in [3.05, 3.63) is 35.4 Å². The number of rotatable bonds is 4. The van der Waals surface area contributed by atoms with E-state index < -0.39 is 0 Å². The summed E-state index contributed by atoms with van der Waals surface area (Å²) >= 11 is 0. The van der Waals surface area contributed by atoms with Gasteiger partial charge in [-0.1, -0.05) is 13.8 Å². The molecule has 0 bridgehead atoms. The summed E-state index contributed by atoms with van der Waals surface area (Å²) in [7, 11) is 0. The molecule has 27 heavy (non-hydrogen) atoms. The lowest BCUT2D eigenvalue weighted by molar-refractivity contribution is -0.0249. The van der Waals surface area contributed by atoms with Crippen molar-refractivity contribution >= 4 is 11.9 Å². The number of hydrogen-bond donors (Lipinski definition) is 1. The van der Waals surface area contributed by atoms with Gasteiger partial charge in [0.25, 0.3) is 5.91 Å². The van der Waals surface area contributed by atoms with Crippen LogP contribution in [0.1, 0.15) is 60.6 Å². The standard InChI is InChI=1S/C19H26N6O2/c1-13(2)15-11-16(23-22-15)18(26)25-9-10-27-17(12-25)14-5-6-20-19(21-14)24-7-3-4-8-24/h5-6,11,13,17H,3-4,7-10,12H2,1-2H3,(H,22,23). The van der Waals surface area contributed by atoms with E-state index in [1.807, 2.05) is 12.1 Å². The number of anilines is 1. The summed E-state index contributed by atoms with van der Waals surface area (Å²) < 4.78 is 5.91. The van der Waals surface area contributed by atoms with Crippen molar-refractivity contribution in [2.45, 2.75) is 38.7 Å². The van der Waals surface area contributed by atoms with Crippen molar-refractivity contribution in [3.8, 4) is 0 Å². The van der Waals surface area contributed by atoms with Gasteiger partial charge in [0.15, 0.2) is 0 Å². The van der Waals surface area contributed by atoms with E-state index in [4.69, 9.17) is 9.72 Å². The lowest BCUT2D eigenvalue weighted by atomic mass is 10.1. The smallest absolute Gasteiger partial charge is 0.274 e. The van der Waals surface area contributed by atoms with Crippen LogP contribution in [0.5, 0.6) is 0 Å². The highest BCUT2D eigenvalue weighted by Crippen LogP contribution is 2.24. The van der Waals surface area contributed by atoms with Crippen molar-refractivity contribution in [1.82, 2.24) is 25.1 Å². The van der Waals surface area contributed by atoms with Crippen LogP contribution in [0.3, 0.4) is 0 Å². The number of aromatic nitrogens is 4. The number of aromatic amines is 1. The van der Waals surface area contributed by atoms with Gasteiger partial charge in [-0.15, -0.1) is 0 Å². The fraction of sp³-hybridized carbons (Fsp3) is 0.579. The number of ether oxygens (including phenoxy) is 1. The first-order chi connectivity index (χ1) is 13.1. The summed E-state index contributed by atoms with van der Waals surface area (Å²) in [5.74, 6) is 0.993.